The average Bonchev–Trinajstić information content (AvgIpc) is 2.38. The van der Waals surface area contributed by atoms with Crippen LogP contribution in [0.5, 0.6) is 0 Å². The van der Waals surface area contributed by atoms with Gasteiger partial charge in [-0.1, -0.05) is 12.1 Å². The SMILES string of the molecule is CN(C)c1ccc(N=Cc2ccc(I)cc2)cc1. The van der Waals surface area contributed by atoms with Crippen molar-refractivity contribution >= 4 is 40.2 Å². The molecule has 2 nitrogen and oxygen atoms in total. The highest BCUT2D eigenvalue weighted by molar-refractivity contribution is 14.1. The molecule has 18 heavy (non-hydrogen) atoms. The first-order valence-corrected chi connectivity index (χ1v) is 6.80. The quantitative estimate of drug-likeness (QED) is 0.601. The Hall–Kier alpha value is -1.36. The standard InChI is InChI=1S/C15H15IN2/c1-18(2)15-9-7-14(8-10-15)17-11-12-3-5-13(16)6-4-12/h3-11H,1-2H3. The van der Waals surface area contributed by atoms with Crippen molar-refractivity contribution in [3.8, 4) is 0 Å². The molecule has 0 N–H and O–H groups in total. The summed E-state index contributed by atoms with van der Waals surface area (Å²) in [5.74, 6) is 0. The van der Waals surface area contributed by atoms with Crippen LogP contribution in [0.3, 0.4) is 0 Å². The third kappa shape index (κ3) is 3.57. The van der Waals surface area contributed by atoms with E-state index in [1.165, 1.54) is 9.26 Å². The normalized spacial score (nSPS) is 10.8. The first kappa shape index (κ1) is 13.1. The van der Waals surface area contributed by atoms with E-state index in [1.54, 1.807) is 0 Å². The van der Waals surface area contributed by atoms with Gasteiger partial charge in [0.25, 0.3) is 0 Å². The fourth-order valence-electron chi connectivity index (χ4n) is 1.53. The maximum atomic E-state index is 4.46. The van der Waals surface area contributed by atoms with Gasteiger partial charge < -0.3 is 4.90 Å². The number of hydrogen-bond acceptors (Lipinski definition) is 2. The lowest BCUT2D eigenvalue weighted by Gasteiger charge is -2.11. The second-order valence-electron chi connectivity index (χ2n) is 4.22. The van der Waals surface area contributed by atoms with Crippen LogP contribution in [0.15, 0.2) is 53.5 Å². The highest BCUT2D eigenvalue weighted by atomic mass is 127. The highest BCUT2D eigenvalue weighted by Crippen LogP contribution is 2.18. The summed E-state index contributed by atoms with van der Waals surface area (Å²) in [7, 11) is 4.06. The lowest BCUT2D eigenvalue weighted by atomic mass is 10.2. The van der Waals surface area contributed by atoms with Gasteiger partial charge in [0.1, 0.15) is 0 Å². The topological polar surface area (TPSA) is 15.6 Å². The molecular formula is C15H15IN2. The van der Waals surface area contributed by atoms with Gasteiger partial charge in [0.05, 0.1) is 5.69 Å². The summed E-state index contributed by atoms with van der Waals surface area (Å²) in [4.78, 5) is 6.54. The fourth-order valence-corrected chi connectivity index (χ4v) is 1.89. The summed E-state index contributed by atoms with van der Waals surface area (Å²) in [5.41, 5.74) is 3.27. The van der Waals surface area contributed by atoms with Crippen LogP contribution in [-0.4, -0.2) is 20.3 Å². The minimum Gasteiger partial charge on any atom is -0.378 e. The van der Waals surface area contributed by atoms with Crippen molar-refractivity contribution in [2.24, 2.45) is 4.99 Å². The monoisotopic (exact) mass is 350 g/mol. The second-order valence-corrected chi connectivity index (χ2v) is 5.47. The molecule has 0 saturated heterocycles. The Balaban J connectivity index is 2.11. The molecule has 0 aliphatic rings. The molecule has 0 atom stereocenters. The molecule has 0 aliphatic heterocycles. The summed E-state index contributed by atoms with van der Waals surface area (Å²) < 4.78 is 1.24. The zero-order chi connectivity index (χ0) is 13.0. The van der Waals surface area contributed by atoms with Crippen molar-refractivity contribution in [2.75, 3.05) is 19.0 Å². The Morgan fingerprint density at radius 2 is 1.56 bits per heavy atom. The molecule has 92 valence electrons. The Morgan fingerprint density at radius 3 is 2.11 bits per heavy atom. The van der Waals surface area contributed by atoms with Crippen molar-refractivity contribution in [1.82, 2.24) is 0 Å². The maximum absolute atomic E-state index is 4.46. The van der Waals surface area contributed by atoms with Crippen molar-refractivity contribution in [1.29, 1.82) is 0 Å². The van der Waals surface area contributed by atoms with Crippen LogP contribution in [-0.2, 0) is 0 Å². The minimum absolute atomic E-state index is 0.971. The molecule has 0 fully saturated rings. The number of nitrogens with zero attached hydrogens (tertiary/aromatic N) is 2. The number of halogens is 1. The van der Waals surface area contributed by atoms with Crippen LogP contribution in [0.25, 0.3) is 0 Å². The van der Waals surface area contributed by atoms with E-state index in [0.29, 0.717) is 0 Å². The zero-order valence-corrected chi connectivity index (χ0v) is 12.6. The van der Waals surface area contributed by atoms with E-state index in [0.717, 1.165) is 11.3 Å². The van der Waals surface area contributed by atoms with E-state index in [1.807, 2.05) is 32.4 Å². The van der Waals surface area contributed by atoms with E-state index in [-0.39, 0.29) is 0 Å². The molecule has 0 saturated carbocycles. The predicted octanol–water partition coefficient (Wildman–Crippen LogP) is 4.11. The summed E-state index contributed by atoms with van der Waals surface area (Å²) in [5, 5.41) is 0. The van der Waals surface area contributed by atoms with Gasteiger partial charge in [-0.2, -0.15) is 0 Å². The summed E-state index contributed by atoms with van der Waals surface area (Å²) in [6, 6.07) is 16.5. The smallest absolute Gasteiger partial charge is 0.0631 e. The van der Waals surface area contributed by atoms with Crippen LogP contribution in [0.1, 0.15) is 5.56 Å². The number of benzene rings is 2. The Labute approximate surface area is 122 Å². The van der Waals surface area contributed by atoms with Crippen molar-refractivity contribution in [3.05, 3.63) is 57.7 Å². The van der Waals surface area contributed by atoms with E-state index < -0.39 is 0 Å². The van der Waals surface area contributed by atoms with E-state index in [4.69, 9.17) is 0 Å². The number of hydrogen-bond donors (Lipinski definition) is 0. The van der Waals surface area contributed by atoms with Gasteiger partial charge in [-0.15, -0.1) is 0 Å². The van der Waals surface area contributed by atoms with Gasteiger partial charge in [0, 0.05) is 29.6 Å². The Bertz CT molecular complexity index is 527. The largest absolute Gasteiger partial charge is 0.378 e. The average molecular weight is 350 g/mol. The molecule has 0 amide bonds. The maximum Gasteiger partial charge on any atom is 0.0631 e. The molecule has 0 bridgehead atoms. The van der Waals surface area contributed by atoms with Gasteiger partial charge in [-0.05, 0) is 64.6 Å². The molecule has 0 radical (unpaired) electrons. The van der Waals surface area contributed by atoms with E-state index in [9.17, 15) is 0 Å². The Kier molecular flexibility index (Phi) is 4.36. The molecule has 0 heterocycles. The molecule has 0 aromatic heterocycles. The number of aliphatic imine (C=N–C) groups is 1. The van der Waals surface area contributed by atoms with Crippen molar-refractivity contribution in [3.63, 3.8) is 0 Å². The predicted molar refractivity (Wildman–Crippen MR) is 87.2 cm³/mol. The van der Waals surface area contributed by atoms with Crippen LogP contribution in [0.4, 0.5) is 11.4 Å². The van der Waals surface area contributed by atoms with Crippen LogP contribution >= 0.6 is 22.6 Å². The molecule has 2 rings (SSSR count). The first-order valence-electron chi connectivity index (χ1n) is 5.72. The third-order valence-electron chi connectivity index (χ3n) is 2.60. The molecule has 2 aromatic carbocycles. The first-order chi connectivity index (χ1) is 8.65. The van der Waals surface area contributed by atoms with Gasteiger partial charge in [-0.25, -0.2) is 0 Å². The summed E-state index contributed by atoms with van der Waals surface area (Å²) in [6.07, 6.45) is 1.89. The van der Waals surface area contributed by atoms with Gasteiger partial charge in [0.15, 0.2) is 0 Å². The highest BCUT2D eigenvalue weighted by Gasteiger charge is 1.94. The molecule has 3 heteroatoms. The lowest BCUT2D eigenvalue weighted by molar-refractivity contribution is 1.13. The summed E-state index contributed by atoms with van der Waals surface area (Å²) >= 11 is 2.30. The third-order valence-corrected chi connectivity index (χ3v) is 3.32. The number of anilines is 1. The van der Waals surface area contributed by atoms with Gasteiger partial charge >= 0.3 is 0 Å². The van der Waals surface area contributed by atoms with Crippen LogP contribution in [0.2, 0.25) is 0 Å². The van der Waals surface area contributed by atoms with Crippen LogP contribution < -0.4 is 4.90 Å². The number of rotatable bonds is 3. The summed E-state index contributed by atoms with van der Waals surface area (Å²) in [6.45, 7) is 0. The van der Waals surface area contributed by atoms with E-state index in [2.05, 4.69) is 68.9 Å². The Morgan fingerprint density at radius 1 is 0.944 bits per heavy atom. The van der Waals surface area contributed by atoms with E-state index >= 15 is 0 Å². The zero-order valence-electron chi connectivity index (χ0n) is 10.5. The molecule has 0 aliphatic carbocycles. The molecule has 0 unspecified atom stereocenters. The minimum atomic E-state index is 0.971. The lowest BCUT2D eigenvalue weighted by Crippen LogP contribution is -2.07. The van der Waals surface area contributed by atoms with Gasteiger partial charge in [-0.3, -0.25) is 4.99 Å². The van der Waals surface area contributed by atoms with Crippen molar-refractivity contribution in [2.45, 2.75) is 0 Å². The fraction of sp³-hybridized carbons (Fsp3) is 0.133. The molecular weight excluding hydrogens is 335 g/mol. The molecule has 2 aromatic rings. The van der Waals surface area contributed by atoms with Crippen molar-refractivity contribution < 1.29 is 0 Å². The second kappa shape index (κ2) is 6.00. The van der Waals surface area contributed by atoms with Crippen LogP contribution in [0, 0.1) is 3.57 Å². The molecule has 0 spiro atoms. The van der Waals surface area contributed by atoms with Gasteiger partial charge in [0.2, 0.25) is 0 Å².